The van der Waals surface area contributed by atoms with Crippen LogP contribution in [0.5, 0.6) is 5.75 Å². The minimum atomic E-state index is -0.328. The van der Waals surface area contributed by atoms with Crippen LogP contribution in [-0.2, 0) is 9.53 Å². The highest BCUT2D eigenvalue weighted by molar-refractivity contribution is 5.80. The van der Waals surface area contributed by atoms with E-state index in [1.165, 1.54) is 5.57 Å². The molecule has 1 aliphatic carbocycles. The number of benzene rings is 1. The number of ether oxygens (including phenoxy) is 2. The largest absolute Gasteiger partial charge is 0.497 e. The third-order valence-corrected chi connectivity index (χ3v) is 4.08. The van der Waals surface area contributed by atoms with Gasteiger partial charge in [-0.05, 0) is 62.8 Å². The van der Waals surface area contributed by atoms with Crippen LogP contribution < -0.4 is 10.1 Å². The van der Waals surface area contributed by atoms with Gasteiger partial charge in [-0.25, -0.2) is 4.79 Å². The van der Waals surface area contributed by atoms with Crippen LogP contribution in [0.15, 0.2) is 36.4 Å². The van der Waals surface area contributed by atoms with Gasteiger partial charge in [0, 0.05) is 5.69 Å². The van der Waals surface area contributed by atoms with Crippen LogP contribution in [0.25, 0.3) is 0 Å². The molecule has 0 amide bonds. The zero-order valence-corrected chi connectivity index (χ0v) is 13.4. The second-order valence-corrected chi connectivity index (χ2v) is 5.71. The van der Waals surface area contributed by atoms with Gasteiger partial charge < -0.3 is 14.8 Å². The molecule has 1 aromatic rings. The molecule has 2 rings (SSSR count). The van der Waals surface area contributed by atoms with Gasteiger partial charge in [0.15, 0.2) is 0 Å². The number of esters is 1. The van der Waals surface area contributed by atoms with Crippen molar-refractivity contribution < 1.29 is 14.3 Å². The van der Waals surface area contributed by atoms with E-state index < -0.39 is 0 Å². The lowest BCUT2D eigenvalue weighted by atomic mass is 9.81. The van der Waals surface area contributed by atoms with Crippen molar-refractivity contribution in [3.8, 4) is 5.75 Å². The van der Waals surface area contributed by atoms with Gasteiger partial charge in [0.05, 0.1) is 13.7 Å². The van der Waals surface area contributed by atoms with Crippen molar-refractivity contribution in [3.63, 3.8) is 0 Å². The lowest BCUT2D eigenvalue weighted by molar-refractivity contribution is -0.145. The lowest BCUT2D eigenvalue weighted by Crippen LogP contribution is -2.39. The topological polar surface area (TPSA) is 47.6 Å². The van der Waals surface area contributed by atoms with Gasteiger partial charge in [-0.2, -0.15) is 0 Å². The minimum absolute atomic E-state index is 0.182. The van der Waals surface area contributed by atoms with E-state index in [2.05, 4.69) is 11.9 Å². The predicted octanol–water partition coefficient (Wildman–Crippen LogP) is 3.79. The van der Waals surface area contributed by atoms with Crippen LogP contribution in [0.2, 0.25) is 0 Å². The monoisotopic (exact) mass is 303 g/mol. The fourth-order valence-corrected chi connectivity index (χ4v) is 2.94. The number of carbonyl (C=O) groups is 1. The average molecular weight is 303 g/mol. The summed E-state index contributed by atoms with van der Waals surface area (Å²) in [6.45, 7) is 6.32. The highest BCUT2D eigenvalue weighted by atomic mass is 16.5. The fraction of sp³-hybridized carbons (Fsp3) is 0.500. The van der Waals surface area contributed by atoms with E-state index in [0.717, 1.165) is 37.1 Å². The Kier molecular flexibility index (Phi) is 5.87. The average Bonchev–Trinajstić information content (AvgIpc) is 2.53. The molecule has 0 heterocycles. The number of methoxy groups -OCH3 is 1. The highest BCUT2D eigenvalue weighted by Gasteiger charge is 2.31. The smallest absolute Gasteiger partial charge is 0.328 e. The molecule has 0 saturated heterocycles. The van der Waals surface area contributed by atoms with Gasteiger partial charge in [-0.3, -0.25) is 0 Å². The normalized spacial score (nSPS) is 19.4. The molecular weight excluding hydrogens is 278 g/mol. The standard InChI is InChI=1S/C18H25NO3/c1-4-22-18(20)17(14-7-5-6-13(2)12-14)19-15-8-10-16(21-3)11-9-15/h8-11,14,17,19H,2,4-7,12H2,1,3H3/t14-,17-/m0/s1. The lowest BCUT2D eigenvalue weighted by Gasteiger charge is -2.31. The number of hydrogen-bond donors (Lipinski definition) is 1. The van der Waals surface area contributed by atoms with Crippen molar-refractivity contribution in [1.82, 2.24) is 0 Å². The number of carbonyl (C=O) groups excluding carboxylic acids is 1. The second-order valence-electron chi connectivity index (χ2n) is 5.71. The molecule has 0 spiro atoms. The van der Waals surface area contributed by atoms with Crippen LogP contribution in [-0.4, -0.2) is 25.7 Å². The summed E-state index contributed by atoms with van der Waals surface area (Å²) < 4.78 is 10.4. The highest BCUT2D eigenvalue weighted by Crippen LogP contribution is 2.31. The number of nitrogens with one attached hydrogen (secondary N) is 1. The van der Waals surface area contributed by atoms with Gasteiger partial charge in [0.25, 0.3) is 0 Å². The summed E-state index contributed by atoms with van der Waals surface area (Å²) in [5.41, 5.74) is 2.12. The number of hydrogen-bond acceptors (Lipinski definition) is 4. The first-order chi connectivity index (χ1) is 10.6. The summed E-state index contributed by atoms with van der Waals surface area (Å²) in [7, 11) is 1.64. The maximum atomic E-state index is 12.3. The van der Waals surface area contributed by atoms with E-state index in [1.54, 1.807) is 7.11 Å². The Morgan fingerprint density at radius 2 is 2.14 bits per heavy atom. The maximum Gasteiger partial charge on any atom is 0.328 e. The summed E-state index contributed by atoms with van der Waals surface area (Å²) >= 11 is 0. The summed E-state index contributed by atoms with van der Waals surface area (Å²) in [4.78, 5) is 12.3. The molecule has 1 aliphatic rings. The Labute approximate surface area is 132 Å². The first-order valence-corrected chi connectivity index (χ1v) is 7.88. The van der Waals surface area contributed by atoms with Crippen molar-refractivity contribution in [2.24, 2.45) is 5.92 Å². The number of allylic oxidation sites excluding steroid dienone is 1. The Balaban J connectivity index is 2.12. The van der Waals surface area contributed by atoms with Crippen LogP contribution >= 0.6 is 0 Å². The maximum absolute atomic E-state index is 12.3. The number of anilines is 1. The molecule has 0 radical (unpaired) electrons. The Bertz CT molecular complexity index is 510. The van der Waals surface area contributed by atoms with Crippen molar-refractivity contribution in [2.45, 2.75) is 38.6 Å². The van der Waals surface area contributed by atoms with Gasteiger partial charge >= 0.3 is 5.97 Å². The fourth-order valence-electron chi connectivity index (χ4n) is 2.94. The molecular formula is C18H25NO3. The third kappa shape index (κ3) is 4.26. The molecule has 2 atom stereocenters. The van der Waals surface area contributed by atoms with Crippen LogP contribution in [0.4, 0.5) is 5.69 Å². The SMILES string of the molecule is C=C1CCC[C@H]([C@H](Nc2ccc(OC)cc2)C(=O)OCC)C1. The van der Waals surface area contributed by atoms with E-state index in [-0.39, 0.29) is 17.9 Å². The van der Waals surface area contributed by atoms with E-state index in [1.807, 2.05) is 31.2 Å². The number of rotatable bonds is 6. The summed E-state index contributed by atoms with van der Waals surface area (Å²) in [5, 5.41) is 3.33. The molecule has 1 fully saturated rings. The Morgan fingerprint density at radius 3 is 2.73 bits per heavy atom. The first-order valence-electron chi connectivity index (χ1n) is 7.88. The molecule has 1 aromatic carbocycles. The molecule has 4 nitrogen and oxygen atoms in total. The molecule has 0 unspecified atom stereocenters. The summed E-state index contributed by atoms with van der Waals surface area (Å²) in [6, 6.07) is 7.27. The second kappa shape index (κ2) is 7.87. The summed E-state index contributed by atoms with van der Waals surface area (Å²) in [5.74, 6) is 0.852. The van der Waals surface area contributed by atoms with E-state index in [4.69, 9.17) is 9.47 Å². The molecule has 1 N–H and O–H groups in total. The van der Waals surface area contributed by atoms with E-state index in [9.17, 15) is 4.79 Å². The van der Waals surface area contributed by atoms with Crippen molar-refractivity contribution in [2.75, 3.05) is 19.0 Å². The molecule has 0 bridgehead atoms. The van der Waals surface area contributed by atoms with Gasteiger partial charge in [0.1, 0.15) is 11.8 Å². The van der Waals surface area contributed by atoms with E-state index in [0.29, 0.717) is 6.61 Å². The summed E-state index contributed by atoms with van der Waals surface area (Å²) in [6.07, 6.45) is 4.05. The van der Waals surface area contributed by atoms with Crippen molar-refractivity contribution in [1.29, 1.82) is 0 Å². The molecule has 4 heteroatoms. The van der Waals surface area contributed by atoms with Gasteiger partial charge in [0.2, 0.25) is 0 Å². The quantitative estimate of drug-likeness (QED) is 0.641. The van der Waals surface area contributed by atoms with Crippen LogP contribution in [0.3, 0.4) is 0 Å². The molecule has 1 saturated carbocycles. The van der Waals surface area contributed by atoms with E-state index >= 15 is 0 Å². The Morgan fingerprint density at radius 1 is 1.41 bits per heavy atom. The predicted molar refractivity (Wildman–Crippen MR) is 88.1 cm³/mol. The van der Waals surface area contributed by atoms with Gasteiger partial charge in [-0.15, -0.1) is 0 Å². The zero-order valence-electron chi connectivity index (χ0n) is 13.4. The molecule has 22 heavy (non-hydrogen) atoms. The van der Waals surface area contributed by atoms with Crippen LogP contribution in [0.1, 0.15) is 32.6 Å². The molecule has 0 aliphatic heterocycles. The Hall–Kier alpha value is -1.97. The zero-order chi connectivity index (χ0) is 15.9. The van der Waals surface area contributed by atoms with Crippen molar-refractivity contribution >= 4 is 11.7 Å². The molecule has 0 aromatic heterocycles. The minimum Gasteiger partial charge on any atom is -0.497 e. The van der Waals surface area contributed by atoms with Crippen molar-refractivity contribution in [3.05, 3.63) is 36.4 Å². The van der Waals surface area contributed by atoms with Crippen LogP contribution in [0, 0.1) is 5.92 Å². The van der Waals surface area contributed by atoms with Gasteiger partial charge in [-0.1, -0.05) is 12.2 Å². The first kappa shape index (κ1) is 16.4. The third-order valence-electron chi connectivity index (χ3n) is 4.08. The molecule has 120 valence electrons.